The van der Waals surface area contributed by atoms with E-state index in [4.69, 9.17) is 4.42 Å². The highest BCUT2D eigenvalue weighted by Gasteiger charge is 2.39. The molecule has 4 aromatic rings. The van der Waals surface area contributed by atoms with E-state index in [0.717, 1.165) is 10.5 Å². The number of carbonyl (C=O) groups excluding carboxylic acids is 2. The van der Waals surface area contributed by atoms with Crippen molar-refractivity contribution in [2.45, 2.75) is 26.4 Å². The number of nitrogens with one attached hydrogen (secondary N) is 2. The Morgan fingerprint density at radius 3 is 2.29 bits per heavy atom. The minimum absolute atomic E-state index is 0.0146. The third-order valence-electron chi connectivity index (χ3n) is 6.69. The maximum atomic E-state index is 13.4. The molecule has 4 N–H and O–H groups in total. The molecule has 12 nitrogen and oxygen atoms in total. The van der Waals surface area contributed by atoms with Crippen LogP contribution in [-0.2, 0) is 11.3 Å². The molecular formula is C30H30N4O8. The summed E-state index contributed by atoms with van der Waals surface area (Å²) in [5.74, 6) is -3.06. The summed E-state index contributed by atoms with van der Waals surface area (Å²) in [5.41, 5.74) is -0.844. The van der Waals surface area contributed by atoms with Gasteiger partial charge in [-0.1, -0.05) is 50.2 Å². The number of piperazine rings is 1. The molecule has 1 aliphatic rings. The van der Waals surface area contributed by atoms with Crippen molar-refractivity contribution in [3.8, 4) is 5.75 Å². The molecule has 1 saturated heterocycles. The number of hydrogen-bond acceptors (Lipinski definition) is 9. The van der Waals surface area contributed by atoms with Gasteiger partial charge in [-0.2, -0.15) is 0 Å². The lowest BCUT2D eigenvalue weighted by molar-refractivity contribution is -0.144. The van der Waals surface area contributed by atoms with Gasteiger partial charge in [0.1, 0.15) is 17.4 Å². The number of carboxylic acid groups (broad SMARTS) is 1. The van der Waals surface area contributed by atoms with Crippen LogP contribution in [-0.4, -0.2) is 63.5 Å². The summed E-state index contributed by atoms with van der Waals surface area (Å²) in [6.45, 7) is 3.95. The number of rotatable bonds is 8. The molecule has 42 heavy (non-hydrogen) atoms. The smallest absolute Gasteiger partial charge is 0.328 e. The standard InChI is InChI=1S/C28H24N4O8.C2H6/c33-23-17(26(36)32-12-11-31(15-19(32)28(38)39)27(37)20-10-5-13-40-20)8-4-9-18(23)30-22-21(24(34)25(22)35)29-14-16-6-2-1-3-7-16;1-2/h1-10,13,19,29-30,33H,11-12,14-15H2,(H,38,39);1-2H3. The Balaban J connectivity index is 0.00000198. The van der Waals surface area contributed by atoms with Gasteiger partial charge in [0.2, 0.25) is 0 Å². The molecule has 1 aromatic heterocycles. The number of benzene rings is 2. The molecule has 218 valence electrons. The van der Waals surface area contributed by atoms with Gasteiger partial charge in [0.15, 0.2) is 11.5 Å². The number of phenolic OH excluding ortho intramolecular Hbond substituents is 1. The largest absolute Gasteiger partial charge is 0.505 e. The molecule has 12 heteroatoms. The lowest BCUT2D eigenvalue weighted by atomic mass is 10.1. The fraction of sp³-hybridized carbons (Fsp3) is 0.233. The maximum Gasteiger partial charge on any atom is 0.328 e. The number of carboxylic acids is 1. The van der Waals surface area contributed by atoms with Crippen molar-refractivity contribution < 1.29 is 29.0 Å². The normalized spacial score (nSPS) is 14.6. The molecule has 2 heterocycles. The Hall–Kier alpha value is -5.39. The number of anilines is 3. The number of nitrogens with zero attached hydrogens (tertiary/aromatic N) is 2. The summed E-state index contributed by atoms with van der Waals surface area (Å²) < 4.78 is 5.11. The van der Waals surface area contributed by atoms with Gasteiger partial charge in [-0.25, -0.2) is 4.79 Å². The summed E-state index contributed by atoms with van der Waals surface area (Å²) in [6.07, 6.45) is 1.33. The van der Waals surface area contributed by atoms with E-state index in [1.165, 1.54) is 41.5 Å². The van der Waals surface area contributed by atoms with Crippen LogP contribution in [0.5, 0.6) is 5.75 Å². The summed E-state index contributed by atoms with van der Waals surface area (Å²) >= 11 is 0. The molecule has 1 aliphatic heterocycles. The van der Waals surface area contributed by atoms with Gasteiger partial charge in [0.05, 0.1) is 24.1 Å². The van der Waals surface area contributed by atoms with Crippen molar-refractivity contribution in [2.24, 2.45) is 0 Å². The van der Waals surface area contributed by atoms with Gasteiger partial charge in [0, 0.05) is 19.6 Å². The first-order chi connectivity index (χ1) is 20.3. The monoisotopic (exact) mass is 574 g/mol. The minimum atomic E-state index is -1.38. The Morgan fingerprint density at radius 1 is 0.905 bits per heavy atom. The van der Waals surface area contributed by atoms with E-state index in [-0.39, 0.29) is 54.6 Å². The number of phenols is 1. The molecule has 0 aliphatic carbocycles. The van der Waals surface area contributed by atoms with Crippen LogP contribution in [0.4, 0.5) is 17.1 Å². The lowest BCUT2D eigenvalue weighted by Gasteiger charge is -2.39. The van der Waals surface area contributed by atoms with Crippen LogP contribution < -0.4 is 21.5 Å². The summed E-state index contributed by atoms with van der Waals surface area (Å²) in [6, 6.07) is 15.0. The summed E-state index contributed by atoms with van der Waals surface area (Å²) in [5, 5.41) is 26.4. The van der Waals surface area contributed by atoms with E-state index in [0.29, 0.717) is 0 Å². The van der Waals surface area contributed by atoms with E-state index < -0.39 is 40.4 Å². The number of amides is 2. The van der Waals surface area contributed by atoms with Crippen molar-refractivity contribution >= 4 is 34.8 Å². The van der Waals surface area contributed by atoms with Crippen molar-refractivity contribution in [3.63, 3.8) is 0 Å². The third kappa shape index (κ3) is 5.87. The molecule has 3 aromatic carbocycles. The van der Waals surface area contributed by atoms with Crippen molar-refractivity contribution in [2.75, 3.05) is 30.3 Å². The SMILES string of the molecule is CC.O=C(O)C1CN(C(=O)c2ccco2)CCN1C(=O)c1cccc(Nc2c(NCc3ccccc3)c(=O)c2=O)c1O. The van der Waals surface area contributed by atoms with Crippen LogP contribution in [0.1, 0.15) is 40.3 Å². The second kappa shape index (κ2) is 12.9. The predicted molar refractivity (Wildman–Crippen MR) is 155 cm³/mol. The second-order valence-corrected chi connectivity index (χ2v) is 9.16. The Bertz CT molecular complexity index is 1640. The van der Waals surface area contributed by atoms with Crippen LogP contribution in [0.3, 0.4) is 0 Å². The van der Waals surface area contributed by atoms with Crippen LogP contribution in [0.15, 0.2) is 80.9 Å². The molecule has 1 unspecified atom stereocenters. The minimum Gasteiger partial charge on any atom is -0.505 e. The maximum absolute atomic E-state index is 13.4. The predicted octanol–water partition coefficient (Wildman–Crippen LogP) is 3.01. The average molecular weight is 575 g/mol. The number of furan rings is 1. The van der Waals surface area contributed by atoms with Crippen LogP contribution in [0, 0.1) is 0 Å². The second-order valence-electron chi connectivity index (χ2n) is 9.16. The zero-order valence-electron chi connectivity index (χ0n) is 23.0. The van der Waals surface area contributed by atoms with Crippen LogP contribution in [0.2, 0.25) is 0 Å². The molecular weight excluding hydrogens is 544 g/mol. The number of hydrogen-bond donors (Lipinski definition) is 4. The van der Waals surface area contributed by atoms with E-state index >= 15 is 0 Å². The van der Waals surface area contributed by atoms with E-state index in [1.54, 1.807) is 0 Å². The Labute approximate surface area is 240 Å². The van der Waals surface area contributed by atoms with Gasteiger partial charge in [-0.05, 0) is 29.8 Å². The van der Waals surface area contributed by atoms with Crippen LogP contribution in [0.25, 0.3) is 0 Å². The fourth-order valence-corrected chi connectivity index (χ4v) is 4.55. The molecule has 1 fully saturated rings. The number of carbonyl (C=O) groups is 3. The zero-order valence-corrected chi connectivity index (χ0v) is 23.0. The number of aromatic hydroxyl groups is 1. The highest BCUT2D eigenvalue weighted by atomic mass is 16.4. The van der Waals surface area contributed by atoms with Crippen molar-refractivity contribution in [3.05, 3.63) is 104 Å². The average Bonchev–Trinajstić information content (AvgIpc) is 3.57. The first-order valence-electron chi connectivity index (χ1n) is 13.3. The third-order valence-corrected chi connectivity index (χ3v) is 6.69. The highest BCUT2D eigenvalue weighted by Crippen LogP contribution is 2.33. The molecule has 5 rings (SSSR count). The van der Waals surface area contributed by atoms with Gasteiger partial charge in [0.25, 0.3) is 22.7 Å². The fourth-order valence-electron chi connectivity index (χ4n) is 4.55. The van der Waals surface area contributed by atoms with Crippen molar-refractivity contribution in [1.82, 2.24) is 9.80 Å². The highest BCUT2D eigenvalue weighted by molar-refractivity contribution is 6.01. The topological polar surface area (TPSA) is 169 Å². The van der Waals surface area contributed by atoms with Crippen molar-refractivity contribution in [1.29, 1.82) is 0 Å². The Morgan fingerprint density at radius 2 is 1.62 bits per heavy atom. The number of aliphatic carboxylic acids is 1. The molecule has 0 bridgehead atoms. The van der Waals surface area contributed by atoms with E-state index in [9.17, 15) is 34.2 Å². The molecule has 0 spiro atoms. The van der Waals surface area contributed by atoms with Gasteiger partial charge in [-0.3, -0.25) is 19.2 Å². The first-order valence-corrected chi connectivity index (χ1v) is 13.3. The lowest BCUT2D eigenvalue weighted by Crippen LogP contribution is -2.59. The Kier molecular flexibility index (Phi) is 9.05. The molecule has 2 amide bonds. The summed E-state index contributed by atoms with van der Waals surface area (Å²) in [4.78, 5) is 64.9. The van der Waals surface area contributed by atoms with E-state index in [1.807, 2.05) is 44.2 Å². The van der Waals surface area contributed by atoms with Crippen LogP contribution >= 0.6 is 0 Å². The van der Waals surface area contributed by atoms with E-state index in [2.05, 4.69) is 10.6 Å². The van der Waals surface area contributed by atoms with Gasteiger partial charge >= 0.3 is 5.97 Å². The number of para-hydroxylation sites is 1. The first kappa shape index (κ1) is 29.6. The van der Waals surface area contributed by atoms with Gasteiger partial charge < -0.3 is 35.1 Å². The molecule has 1 atom stereocenters. The quantitative estimate of drug-likeness (QED) is 0.181. The zero-order chi connectivity index (χ0) is 30.4. The molecule has 0 saturated carbocycles. The van der Waals surface area contributed by atoms with Gasteiger partial charge in [-0.15, -0.1) is 0 Å². The molecule has 0 radical (unpaired) electrons. The summed E-state index contributed by atoms with van der Waals surface area (Å²) in [7, 11) is 0.